The Hall–Kier alpha value is -4.29. The highest BCUT2D eigenvalue weighted by Crippen LogP contribution is 2.25. The summed E-state index contributed by atoms with van der Waals surface area (Å²) in [6, 6.07) is 21.6. The lowest BCUT2D eigenvalue weighted by atomic mass is 10.1. The third-order valence-corrected chi connectivity index (χ3v) is 5.89. The van der Waals surface area contributed by atoms with Gasteiger partial charge in [-0.3, -0.25) is 4.40 Å². The molecule has 0 spiro atoms. The molecule has 0 aliphatic carbocycles. The van der Waals surface area contributed by atoms with Gasteiger partial charge in [0.1, 0.15) is 11.3 Å². The fourth-order valence-corrected chi connectivity index (χ4v) is 3.97. The molecule has 0 saturated carbocycles. The van der Waals surface area contributed by atoms with E-state index < -0.39 is 0 Å². The Morgan fingerprint density at radius 1 is 1.06 bits per heavy atom. The summed E-state index contributed by atoms with van der Waals surface area (Å²) in [5, 5.41) is 21.4. The molecule has 9 heteroatoms. The van der Waals surface area contributed by atoms with E-state index in [1.165, 1.54) is 5.56 Å². The molecule has 3 aromatic heterocycles. The van der Waals surface area contributed by atoms with Gasteiger partial charge in [0.2, 0.25) is 0 Å². The van der Waals surface area contributed by atoms with Crippen molar-refractivity contribution in [3.05, 3.63) is 106 Å². The number of fused-ring (bicyclic) bond motifs is 1. The summed E-state index contributed by atoms with van der Waals surface area (Å²) < 4.78 is 4.63. The molecule has 0 radical (unpaired) electrons. The normalized spacial score (nSPS) is 11.2. The van der Waals surface area contributed by atoms with Gasteiger partial charge in [0.05, 0.1) is 42.0 Å². The molecule has 0 bridgehead atoms. The first-order valence-corrected chi connectivity index (χ1v) is 11.7. The van der Waals surface area contributed by atoms with Crippen molar-refractivity contribution >= 4 is 27.8 Å². The molecule has 0 aliphatic heterocycles. The first-order chi connectivity index (χ1) is 17.1. The zero-order valence-corrected chi connectivity index (χ0v) is 20.4. The second kappa shape index (κ2) is 9.91. The molecule has 0 unspecified atom stereocenters. The minimum absolute atomic E-state index is 0.185. The summed E-state index contributed by atoms with van der Waals surface area (Å²) >= 11 is 3.53. The number of rotatable bonds is 7. The van der Waals surface area contributed by atoms with Gasteiger partial charge >= 0.3 is 0 Å². The molecule has 5 aromatic rings. The lowest BCUT2D eigenvalue weighted by Crippen LogP contribution is -2.00. The van der Waals surface area contributed by atoms with E-state index in [9.17, 15) is 0 Å². The fourth-order valence-electron chi connectivity index (χ4n) is 3.63. The molecular weight excluding hydrogens is 506 g/mol. The van der Waals surface area contributed by atoms with Gasteiger partial charge in [-0.25, -0.2) is 9.67 Å². The molecule has 0 N–H and O–H groups in total. The van der Waals surface area contributed by atoms with Crippen LogP contribution in [0, 0.1) is 18.3 Å². The van der Waals surface area contributed by atoms with Crippen LogP contribution in [0.2, 0.25) is 0 Å². The van der Waals surface area contributed by atoms with Gasteiger partial charge < -0.3 is 4.84 Å². The van der Waals surface area contributed by atoms with E-state index in [0.717, 1.165) is 32.6 Å². The number of benzene rings is 2. The third kappa shape index (κ3) is 5.13. The van der Waals surface area contributed by atoms with Crippen LogP contribution in [-0.4, -0.2) is 30.6 Å². The van der Waals surface area contributed by atoms with Crippen LogP contribution in [0.15, 0.2) is 82.7 Å². The molecule has 0 fully saturated rings. The molecule has 0 atom stereocenters. The Morgan fingerprint density at radius 2 is 1.86 bits per heavy atom. The molecule has 2 aromatic carbocycles. The molecule has 172 valence electrons. The maximum Gasteiger partial charge on any atom is 0.162 e. The second-order valence-electron chi connectivity index (χ2n) is 8.01. The van der Waals surface area contributed by atoms with Crippen molar-refractivity contribution in [3.8, 4) is 17.3 Å². The van der Waals surface area contributed by atoms with Crippen LogP contribution in [0.5, 0.6) is 0 Å². The number of hydrogen-bond acceptors (Lipinski definition) is 6. The Morgan fingerprint density at radius 3 is 2.63 bits per heavy atom. The van der Waals surface area contributed by atoms with E-state index in [-0.39, 0.29) is 6.61 Å². The molecule has 0 amide bonds. The van der Waals surface area contributed by atoms with Crippen molar-refractivity contribution in [2.24, 2.45) is 5.16 Å². The van der Waals surface area contributed by atoms with Gasteiger partial charge in [-0.05, 0) is 52.7 Å². The highest BCUT2D eigenvalue weighted by atomic mass is 79.9. The van der Waals surface area contributed by atoms with Gasteiger partial charge in [0, 0.05) is 16.2 Å². The van der Waals surface area contributed by atoms with Crippen LogP contribution in [0.4, 0.5) is 0 Å². The number of aromatic nitrogens is 5. The van der Waals surface area contributed by atoms with Gasteiger partial charge in [-0.1, -0.05) is 52.3 Å². The van der Waals surface area contributed by atoms with Crippen molar-refractivity contribution in [1.82, 2.24) is 24.4 Å². The number of oxime groups is 1. The first kappa shape index (κ1) is 22.5. The van der Waals surface area contributed by atoms with E-state index in [1.54, 1.807) is 23.0 Å². The van der Waals surface area contributed by atoms with Crippen LogP contribution in [0.3, 0.4) is 0 Å². The summed E-state index contributed by atoms with van der Waals surface area (Å²) in [5.74, 6) is 0. The summed E-state index contributed by atoms with van der Waals surface area (Å²) in [6.45, 7) is 2.80. The van der Waals surface area contributed by atoms with Gasteiger partial charge in [0.25, 0.3) is 0 Å². The summed E-state index contributed by atoms with van der Waals surface area (Å²) in [4.78, 5) is 10.3. The second-order valence-corrected chi connectivity index (χ2v) is 8.93. The SMILES string of the molecule is Cc1ccc(-c2nc3ccc(Br)cn3c2/C=N/OCc2cn(Cc3ccc(C#N)cc3)nn2)cc1. The van der Waals surface area contributed by atoms with E-state index in [1.807, 2.05) is 41.1 Å². The standard InChI is InChI=1S/C26H20BrN7O/c1-18-2-8-21(9-3-18)26-24(34-15-22(27)10-11-25(34)30-26)13-29-35-17-23-16-33(32-31-23)14-20-6-4-19(12-28)5-7-20/h2-11,13,15-16H,14,17H2,1H3/b29-13+. The minimum atomic E-state index is 0.185. The van der Waals surface area contributed by atoms with Gasteiger partial charge in [-0.15, -0.1) is 5.10 Å². The first-order valence-electron chi connectivity index (χ1n) is 10.9. The molecule has 8 nitrogen and oxygen atoms in total. The van der Waals surface area contributed by atoms with Crippen LogP contribution < -0.4 is 0 Å². The van der Waals surface area contributed by atoms with Crippen LogP contribution in [-0.2, 0) is 18.0 Å². The summed E-state index contributed by atoms with van der Waals surface area (Å²) in [7, 11) is 0. The monoisotopic (exact) mass is 525 g/mol. The molecular formula is C26H20BrN7O. The Kier molecular flexibility index (Phi) is 6.37. The molecule has 0 aliphatic rings. The Bertz CT molecular complexity index is 1540. The van der Waals surface area contributed by atoms with Crippen LogP contribution in [0.1, 0.15) is 28.1 Å². The number of halogens is 1. The quantitative estimate of drug-likeness (QED) is 0.217. The maximum atomic E-state index is 8.92. The number of pyridine rings is 1. The minimum Gasteiger partial charge on any atom is -0.389 e. The van der Waals surface area contributed by atoms with Crippen molar-refractivity contribution < 1.29 is 4.84 Å². The molecule has 5 rings (SSSR count). The molecule has 3 heterocycles. The van der Waals surface area contributed by atoms with E-state index in [4.69, 9.17) is 15.1 Å². The van der Waals surface area contributed by atoms with Crippen molar-refractivity contribution in [2.45, 2.75) is 20.1 Å². The maximum absolute atomic E-state index is 8.92. The van der Waals surface area contributed by atoms with E-state index in [0.29, 0.717) is 17.8 Å². The van der Waals surface area contributed by atoms with Crippen molar-refractivity contribution in [2.75, 3.05) is 0 Å². The molecule has 35 heavy (non-hydrogen) atoms. The topological polar surface area (TPSA) is 93.4 Å². The van der Waals surface area contributed by atoms with Crippen molar-refractivity contribution in [3.63, 3.8) is 0 Å². The number of aryl methyl sites for hydroxylation is 1. The lowest BCUT2D eigenvalue weighted by Gasteiger charge is -2.02. The number of nitrogens with zero attached hydrogens (tertiary/aromatic N) is 7. The largest absolute Gasteiger partial charge is 0.389 e. The highest BCUT2D eigenvalue weighted by Gasteiger charge is 2.13. The Balaban J connectivity index is 1.30. The predicted molar refractivity (Wildman–Crippen MR) is 136 cm³/mol. The van der Waals surface area contributed by atoms with Crippen LogP contribution in [0.25, 0.3) is 16.9 Å². The smallest absolute Gasteiger partial charge is 0.162 e. The average molecular weight is 526 g/mol. The fraction of sp³-hybridized carbons (Fsp3) is 0.115. The Labute approximate surface area is 210 Å². The molecule has 0 saturated heterocycles. The summed E-state index contributed by atoms with van der Waals surface area (Å²) in [6.07, 6.45) is 5.44. The van der Waals surface area contributed by atoms with Gasteiger partial charge in [-0.2, -0.15) is 5.26 Å². The number of hydrogen-bond donors (Lipinski definition) is 0. The zero-order chi connectivity index (χ0) is 24.2. The van der Waals surface area contributed by atoms with Gasteiger partial charge in [0.15, 0.2) is 6.61 Å². The summed E-state index contributed by atoms with van der Waals surface area (Å²) in [5.41, 5.74) is 6.96. The van der Waals surface area contributed by atoms with Crippen LogP contribution >= 0.6 is 15.9 Å². The van der Waals surface area contributed by atoms with E-state index >= 15 is 0 Å². The number of nitriles is 1. The van der Waals surface area contributed by atoms with Crippen molar-refractivity contribution in [1.29, 1.82) is 5.26 Å². The highest BCUT2D eigenvalue weighted by molar-refractivity contribution is 9.10. The predicted octanol–water partition coefficient (Wildman–Crippen LogP) is 5.13. The lowest BCUT2D eigenvalue weighted by molar-refractivity contribution is 0.129. The average Bonchev–Trinajstić information content (AvgIpc) is 3.47. The zero-order valence-electron chi connectivity index (χ0n) is 18.8. The van der Waals surface area contributed by atoms with E-state index in [2.05, 4.69) is 68.7 Å². The third-order valence-electron chi connectivity index (χ3n) is 5.42. The number of imidazole rings is 1.